The van der Waals surface area contributed by atoms with Crippen molar-refractivity contribution in [2.24, 2.45) is 11.8 Å². The van der Waals surface area contributed by atoms with Crippen LogP contribution in [0.4, 0.5) is 0 Å². The van der Waals surface area contributed by atoms with Gasteiger partial charge < -0.3 is 0 Å². The van der Waals surface area contributed by atoms with Crippen LogP contribution in [0.2, 0.25) is 0 Å². The standard InChI is InChI=1S/C16H29NO/c1-3-14-8-9-16(18)15(11-14)12-17-10-6-4-5-7-13(17)2/h13-15H,3-12H2,1-2H3. The summed E-state index contributed by atoms with van der Waals surface area (Å²) in [4.78, 5) is 14.7. The average molecular weight is 251 g/mol. The van der Waals surface area contributed by atoms with Crippen LogP contribution >= 0.6 is 0 Å². The van der Waals surface area contributed by atoms with Gasteiger partial charge in [0.1, 0.15) is 5.78 Å². The zero-order valence-corrected chi connectivity index (χ0v) is 12.2. The second kappa shape index (κ2) is 6.70. The van der Waals surface area contributed by atoms with Crippen LogP contribution in [0.25, 0.3) is 0 Å². The molecule has 1 heterocycles. The van der Waals surface area contributed by atoms with E-state index in [0.717, 1.165) is 31.7 Å². The van der Waals surface area contributed by atoms with E-state index in [9.17, 15) is 4.79 Å². The number of ketones is 1. The van der Waals surface area contributed by atoms with Gasteiger partial charge in [-0.05, 0) is 45.1 Å². The minimum atomic E-state index is 0.337. The number of likely N-dealkylation sites (tertiary alicyclic amines) is 1. The molecule has 0 aromatic carbocycles. The summed E-state index contributed by atoms with van der Waals surface area (Å²) in [5.41, 5.74) is 0. The van der Waals surface area contributed by atoms with Gasteiger partial charge in [-0.25, -0.2) is 0 Å². The lowest BCUT2D eigenvalue weighted by Crippen LogP contribution is -2.41. The summed E-state index contributed by atoms with van der Waals surface area (Å²) in [6, 6.07) is 0.683. The molecule has 0 N–H and O–H groups in total. The number of nitrogens with zero attached hydrogens (tertiary/aromatic N) is 1. The highest BCUT2D eigenvalue weighted by Crippen LogP contribution is 2.30. The molecule has 2 fully saturated rings. The molecule has 0 aromatic rings. The second-order valence-electron chi connectivity index (χ2n) is 6.41. The highest BCUT2D eigenvalue weighted by molar-refractivity contribution is 5.81. The Labute approximate surface area is 112 Å². The van der Waals surface area contributed by atoms with Crippen molar-refractivity contribution in [2.45, 2.75) is 71.3 Å². The summed E-state index contributed by atoms with van der Waals surface area (Å²) in [6.45, 7) is 6.86. The lowest BCUT2D eigenvalue weighted by Gasteiger charge is -2.34. The van der Waals surface area contributed by atoms with Crippen LogP contribution in [0.3, 0.4) is 0 Å². The number of carbonyl (C=O) groups excluding carboxylic acids is 1. The lowest BCUT2D eigenvalue weighted by molar-refractivity contribution is -0.126. The summed E-state index contributed by atoms with van der Waals surface area (Å²) in [5, 5.41) is 0. The van der Waals surface area contributed by atoms with Gasteiger partial charge >= 0.3 is 0 Å². The van der Waals surface area contributed by atoms with Crippen molar-refractivity contribution in [3.8, 4) is 0 Å². The minimum Gasteiger partial charge on any atom is -0.300 e. The summed E-state index contributed by atoms with van der Waals surface area (Å²) < 4.78 is 0. The van der Waals surface area contributed by atoms with Gasteiger partial charge in [0.25, 0.3) is 0 Å². The normalized spacial score (nSPS) is 35.4. The Hall–Kier alpha value is -0.370. The van der Waals surface area contributed by atoms with E-state index in [2.05, 4.69) is 18.7 Å². The lowest BCUT2D eigenvalue weighted by atomic mass is 9.79. The first-order valence-electron chi connectivity index (χ1n) is 7.97. The zero-order chi connectivity index (χ0) is 13.0. The third-order valence-corrected chi connectivity index (χ3v) is 5.09. The smallest absolute Gasteiger partial charge is 0.137 e. The van der Waals surface area contributed by atoms with E-state index >= 15 is 0 Å². The summed E-state index contributed by atoms with van der Waals surface area (Å²) in [6.07, 6.45) is 9.76. The molecular weight excluding hydrogens is 222 g/mol. The Kier molecular flexibility index (Phi) is 5.23. The fourth-order valence-electron chi connectivity index (χ4n) is 3.64. The van der Waals surface area contributed by atoms with Crippen LogP contribution in [0.15, 0.2) is 0 Å². The molecular formula is C16H29NO. The molecule has 0 aromatic heterocycles. The third kappa shape index (κ3) is 3.57. The molecule has 0 bridgehead atoms. The van der Waals surface area contributed by atoms with Gasteiger partial charge in [0.05, 0.1) is 0 Å². The Morgan fingerprint density at radius 3 is 2.83 bits per heavy atom. The number of carbonyl (C=O) groups is 1. The number of rotatable bonds is 3. The molecule has 1 saturated heterocycles. The van der Waals surface area contributed by atoms with E-state index in [4.69, 9.17) is 0 Å². The highest BCUT2D eigenvalue weighted by Gasteiger charge is 2.30. The molecule has 0 radical (unpaired) electrons. The molecule has 104 valence electrons. The van der Waals surface area contributed by atoms with Gasteiger partial charge in [-0.1, -0.05) is 26.2 Å². The molecule has 0 spiro atoms. The van der Waals surface area contributed by atoms with Gasteiger partial charge in [-0.15, -0.1) is 0 Å². The molecule has 2 nitrogen and oxygen atoms in total. The largest absolute Gasteiger partial charge is 0.300 e. The van der Waals surface area contributed by atoms with Crippen molar-refractivity contribution in [3.63, 3.8) is 0 Å². The van der Waals surface area contributed by atoms with Gasteiger partial charge in [-0.3, -0.25) is 9.69 Å². The third-order valence-electron chi connectivity index (χ3n) is 5.09. The highest BCUT2D eigenvalue weighted by atomic mass is 16.1. The number of hydrogen-bond acceptors (Lipinski definition) is 2. The van der Waals surface area contributed by atoms with Gasteiger partial charge in [0, 0.05) is 24.9 Å². The topological polar surface area (TPSA) is 20.3 Å². The fourth-order valence-corrected chi connectivity index (χ4v) is 3.64. The Morgan fingerprint density at radius 1 is 1.22 bits per heavy atom. The quantitative estimate of drug-likeness (QED) is 0.763. The first-order chi connectivity index (χ1) is 8.70. The number of Topliss-reactive ketones (excluding diaryl/α,β-unsaturated/α-hetero) is 1. The van der Waals surface area contributed by atoms with Crippen molar-refractivity contribution >= 4 is 5.78 Å². The van der Waals surface area contributed by atoms with Crippen molar-refractivity contribution < 1.29 is 4.79 Å². The maximum atomic E-state index is 12.1. The van der Waals surface area contributed by atoms with Gasteiger partial charge in [0.15, 0.2) is 0 Å². The predicted molar refractivity (Wildman–Crippen MR) is 75.6 cm³/mol. The van der Waals surface area contributed by atoms with Crippen LogP contribution in [-0.2, 0) is 4.79 Å². The second-order valence-corrected chi connectivity index (χ2v) is 6.41. The maximum Gasteiger partial charge on any atom is 0.137 e. The van der Waals surface area contributed by atoms with Crippen molar-refractivity contribution in [1.29, 1.82) is 0 Å². The minimum absolute atomic E-state index is 0.337. The first kappa shape index (κ1) is 14.0. The molecule has 3 unspecified atom stereocenters. The summed E-state index contributed by atoms with van der Waals surface area (Å²) >= 11 is 0. The van der Waals surface area contributed by atoms with Crippen molar-refractivity contribution in [3.05, 3.63) is 0 Å². The SMILES string of the molecule is CCC1CCC(=O)C(CN2CCCCCC2C)C1. The van der Waals surface area contributed by atoms with E-state index < -0.39 is 0 Å². The van der Waals surface area contributed by atoms with E-state index in [1.54, 1.807) is 0 Å². The van der Waals surface area contributed by atoms with Crippen LogP contribution < -0.4 is 0 Å². The zero-order valence-electron chi connectivity index (χ0n) is 12.2. The molecule has 2 rings (SSSR count). The molecule has 1 saturated carbocycles. The Morgan fingerprint density at radius 2 is 2.06 bits per heavy atom. The van der Waals surface area contributed by atoms with E-state index in [-0.39, 0.29) is 0 Å². The summed E-state index contributed by atoms with van der Waals surface area (Å²) in [7, 11) is 0. The Bertz CT molecular complexity index is 276. The average Bonchev–Trinajstić information content (AvgIpc) is 2.58. The van der Waals surface area contributed by atoms with E-state index in [1.807, 2.05) is 0 Å². The maximum absolute atomic E-state index is 12.1. The molecule has 2 heteroatoms. The molecule has 1 aliphatic carbocycles. The van der Waals surface area contributed by atoms with Crippen molar-refractivity contribution in [1.82, 2.24) is 4.90 Å². The molecule has 1 aliphatic heterocycles. The number of hydrogen-bond donors (Lipinski definition) is 0. The molecule has 18 heavy (non-hydrogen) atoms. The van der Waals surface area contributed by atoms with E-state index in [0.29, 0.717) is 17.7 Å². The fraction of sp³-hybridized carbons (Fsp3) is 0.938. The molecule has 3 atom stereocenters. The van der Waals surface area contributed by atoms with Crippen LogP contribution in [0.1, 0.15) is 65.2 Å². The van der Waals surface area contributed by atoms with Gasteiger partial charge in [0.2, 0.25) is 0 Å². The monoisotopic (exact) mass is 251 g/mol. The van der Waals surface area contributed by atoms with Crippen LogP contribution in [-0.4, -0.2) is 29.8 Å². The van der Waals surface area contributed by atoms with Crippen LogP contribution in [0, 0.1) is 11.8 Å². The van der Waals surface area contributed by atoms with Crippen LogP contribution in [0.5, 0.6) is 0 Å². The molecule has 2 aliphatic rings. The Balaban J connectivity index is 1.91. The predicted octanol–water partition coefficient (Wildman–Crippen LogP) is 3.65. The molecule has 0 amide bonds. The first-order valence-corrected chi connectivity index (χ1v) is 7.97. The van der Waals surface area contributed by atoms with Crippen molar-refractivity contribution in [2.75, 3.05) is 13.1 Å². The van der Waals surface area contributed by atoms with E-state index in [1.165, 1.54) is 38.6 Å². The summed E-state index contributed by atoms with van der Waals surface area (Å²) in [5.74, 6) is 1.68. The van der Waals surface area contributed by atoms with Gasteiger partial charge in [-0.2, -0.15) is 0 Å².